The fourth-order valence-electron chi connectivity index (χ4n) is 2.65. The van der Waals surface area contributed by atoms with Crippen molar-refractivity contribution in [1.29, 1.82) is 0 Å². The second-order valence-electron chi connectivity index (χ2n) is 5.82. The van der Waals surface area contributed by atoms with Crippen LogP contribution < -0.4 is 5.32 Å². The lowest BCUT2D eigenvalue weighted by Gasteiger charge is -2.26. The number of hydrogen-bond donors (Lipinski definition) is 1. The van der Waals surface area contributed by atoms with Crippen LogP contribution >= 0.6 is 11.6 Å². The van der Waals surface area contributed by atoms with Crippen molar-refractivity contribution < 1.29 is 4.42 Å². The molecule has 0 fully saturated rings. The zero-order valence-corrected chi connectivity index (χ0v) is 12.8. The predicted molar refractivity (Wildman–Crippen MR) is 82.0 cm³/mol. The van der Waals surface area contributed by atoms with Crippen LogP contribution in [-0.2, 0) is 5.41 Å². The molecule has 104 valence electrons. The van der Waals surface area contributed by atoms with Crippen LogP contribution in [0, 0.1) is 0 Å². The molecule has 19 heavy (non-hydrogen) atoms. The number of benzene rings is 1. The van der Waals surface area contributed by atoms with Crippen molar-refractivity contribution in [3.05, 3.63) is 35.0 Å². The Labute approximate surface area is 120 Å². The molecule has 2 aromatic rings. The van der Waals surface area contributed by atoms with Gasteiger partial charge in [0.15, 0.2) is 5.58 Å². The summed E-state index contributed by atoms with van der Waals surface area (Å²) in [7, 11) is 0. The van der Waals surface area contributed by atoms with Crippen LogP contribution in [0.4, 0.5) is 0 Å². The van der Waals surface area contributed by atoms with Crippen molar-refractivity contribution in [1.82, 2.24) is 5.32 Å². The first-order chi connectivity index (χ1) is 8.94. The van der Waals surface area contributed by atoms with Gasteiger partial charge in [-0.1, -0.05) is 44.5 Å². The molecule has 2 nitrogen and oxygen atoms in total. The molecule has 3 heteroatoms. The minimum atomic E-state index is -0.00998. The van der Waals surface area contributed by atoms with E-state index in [1.807, 2.05) is 18.2 Å². The number of halogens is 1. The summed E-state index contributed by atoms with van der Waals surface area (Å²) in [4.78, 5) is 0. The van der Waals surface area contributed by atoms with E-state index in [4.69, 9.17) is 16.0 Å². The summed E-state index contributed by atoms with van der Waals surface area (Å²) in [5.41, 5.74) is 0.785. The minimum Gasteiger partial charge on any atom is -0.459 e. The highest BCUT2D eigenvalue weighted by molar-refractivity contribution is 6.34. The Kier molecular flexibility index (Phi) is 4.22. The minimum absolute atomic E-state index is 0.00998. The van der Waals surface area contributed by atoms with Crippen LogP contribution in [0.2, 0.25) is 5.02 Å². The zero-order valence-electron chi connectivity index (χ0n) is 12.1. The molecule has 2 rings (SSSR count). The molecule has 0 saturated carbocycles. The van der Waals surface area contributed by atoms with E-state index in [0.29, 0.717) is 11.1 Å². The number of nitrogens with one attached hydrogen (secondary N) is 1. The van der Waals surface area contributed by atoms with Crippen molar-refractivity contribution in [2.45, 2.75) is 45.6 Å². The van der Waals surface area contributed by atoms with E-state index in [1.54, 1.807) is 0 Å². The van der Waals surface area contributed by atoms with Crippen LogP contribution in [0.1, 0.15) is 39.9 Å². The first-order valence-corrected chi connectivity index (χ1v) is 7.24. The Morgan fingerprint density at radius 2 is 2.11 bits per heavy atom. The number of rotatable bonds is 5. The monoisotopic (exact) mass is 279 g/mol. The van der Waals surface area contributed by atoms with E-state index < -0.39 is 0 Å². The molecule has 1 N–H and O–H groups in total. The van der Waals surface area contributed by atoms with Crippen molar-refractivity contribution in [2.75, 3.05) is 6.54 Å². The molecular formula is C16H22ClNO. The molecule has 0 aliphatic heterocycles. The largest absolute Gasteiger partial charge is 0.459 e. The molecule has 0 bridgehead atoms. The zero-order chi connectivity index (χ0) is 14.0. The van der Waals surface area contributed by atoms with Gasteiger partial charge in [0.05, 0.1) is 5.02 Å². The molecule has 0 amide bonds. The second-order valence-corrected chi connectivity index (χ2v) is 6.22. The SMILES string of the molecule is CCNC(C)CC(C)(C)c1cc2cccc(Cl)c2o1. The molecule has 0 radical (unpaired) electrons. The van der Waals surface area contributed by atoms with Gasteiger partial charge in [0.2, 0.25) is 0 Å². The highest BCUT2D eigenvalue weighted by Crippen LogP contribution is 2.35. The fraction of sp³-hybridized carbons (Fsp3) is 0.500. The molecule has 1 aromatic heterocycles. The molecular weight excluding hydrogens is 258 g/mol. The van der Waals surface area contributed by atoms with Gasteiger partial charge in [-0.05, 0) is 32.0 Å². The van der Waals surface area contributed by atoms with Crippen LogP contribution in [0.25, 0.3) is 11.0 Å². The summed E-state index contributed by atoms with van der Waals surface area (Å²) < 4.78 is 5.98. The Bertz CT molecular complexity index is 559. The first kappa shape index (κ1) is 14.4. The Hall–Kier alpha value is -0.990. The number of para-hydroxylation sites is 1. The topological polar surface area (TPSA) is 25.2 Å². The lowest BCUT2D eigenvalue weighted by atomic mass is 9.83. The van der Waals surface area contributed by atoms with E-state index in [-0.39, 0.29) is 5.41 Å². The highest BCUT2D eigenvalue weighted by atomic mass is 35.5. The average Bonchev–Trinajstić information content (AvgIpc) is 2.74. The number of furan rings is 1. The van der Waals surface area contributed by atoms with E-state index in [1.165, 1.54) is 0 Å². The summed E-state index contributed by atoms with van der Waals surface area (Å²) >= 11 is 6.17. The van der Waals surface area contributed by atoms with Crippen LogP contribution in [0.5, 0.6) is 0 Å². The smallest absolute Gasteiger partial charge is 0.152 e. The van der Waals surface area contributed by atoms with Crippen LogP contribution in [0.15, 0.2) is 28.7 Å². The number of fused-ring (bicyclic) bond motifs is 1. The van der Waals surface area contributed by atoms with Crippen molar-refractivity contribution in [3.8, 4) is 0 Å². The van der Waals surface area contributed by atoms with E-state index in [0.717, 1.165) is 29.7 Å². The molecule has 1 atom stereocenters. The van der Waals surface area contributed by atoms with Gasteiger partial charge in [-0.2, -0.15) is 0 Å². The lowest BCUT2D eigenvalue weighted by molar-refractivity contribution is 0.336. The van der Waals surface area contributed by atoms with Crippen molar-refractivity contribution >= 4 is 22.6 Å². The van der Waals surface area contributed by atoms with Gasteiger partial charge < -0.3 is 9.73 Å². The Balaban J connectivity index is 2.29. The van der Waals surface area contributed by atoms with E-state index >= 15 is 0 Å². The summed E-state index contributed by atoms with van der Waals surface area (Å²) in [5.74, 6) is 1.00. The maximum Gasteiger partial charge on any atom is 0.152 e. The quantitative estimate of drug-likeness (QED) is 0.854. The molecule has 0 spiro atoms. The van der Waals surface area contributed by atoms with Crippen LogP contribution in [-0.4, -0.2) is 12.6 Å². The van der Waals surface area contributed by atoms with Gasteiger partial charge >= 0.3 is 0 Å². The standard InChI is InChI=1S/C16H22ClNO/c1-5-18-11(2)10-16(3,4)14-9-12-7-6-8-13(17)15(12)19-14/h6-9,11,18H,5,10H2,1-4H3. The van der Waals surface area contributed by atoms with E-state index in [9.17, 15) is 0 Å². The maximum absolute atomic E-state index is 6.17. The molecule has 0 saturated heterocycles. The van der Waals surface area contributed by atoms with Gasteiger partial charge in [-0.3, -0.25) is 0 Å². The van der Waals surface area contributed by atoms with Gasteiger partial charge in [-0.15, -0.1) is 0 Å². The first-order valence-electron chi connectivity index (χ1n) is 6.86. The molecule has 0 aliphatic rings. The highest BCUT2D eigenvalue weighted by Gasteiger charge is 2.27. The lowest BCUT2D eigenvalue weighted by Crippen LogP contribution is -2.32. The second kappa shape index (κ2) is 5.56. The summed E-state index contributed by atoms with van der Waals surface area (Å²) in [6, 6.07) is 8.44. The summed E-state index contributed by atoms with van der Waals surface area (Å²) in [6.45, 7) is 9.76. The molecule has 1 unspecified atom stereocenters. The fourth-order valence-corrected chi connectivity index (χ4v) is 2.87. The van der Waals surface area contributed by atoms with Gasteiger partial charge in [0.25, 0.3) is 0 Å². The average molecular weight is 280 g/mol. The third kappa shape index (κ3) is 3.13. The van der Waals surface area contributed by atoms with Crippen molar-refractivity contribution in [3.63, 3.8) is 0 Å². The molecule has 1 heterocycles. The summed E-state index contributed by atoms with van der Waals surface area (Å²) in [5, 5.41) is 5.20. The predicted octanol–water partition coefficient (Wildman–Crippen LogP) is 4.75. The van der Waals surface area contributed by atoms with Gasteiger partial charge in [0, 0.05) is 16.8 Å². The normalized spacial score (nSPS) is 13.9. The third-order valence-corrected chi connectivity index (χ3v) is 3.83. The molecule has 0 aliphatic carbocycles. The maximum atomic E-state index is 6.17. The Morgan fingerprint density at radius 1 is 1.37 bits per heavy atom. The Morgan fingerprint density at radius 3 is 2.74 bits per heavy atom. The van der Waals surface area contributed by atoms with Gasteiger partial charge in [-0.25, -0.2) is 0 Å². The van der Waals surface area contributed by atoms with Gasteiger partial charge in [0.1, 0.15) is 5.76 Å². The van der Waals surface area contributed by atoms with Crippen LogP contribution in [0.3, 0.4) is 0 Å². The van der Waals surface area contributed by atoms with E-state index in [2.05, 4.69) is 39.1 Å². The third-order valence-electron chi connectivity index (χ3n) is 3.53. The summed E-state index contributed by atoms with van der Waals surface area (Å²) in [6.07, 6.45) is 1.03. The van der Waals surface area contributed by atoms with Crippen molar-refractivity contribution in [2.24, 2.45) is 0 Å². The molecule has 1 aromatic carbocycles. The number of hydrogen-bond acceptors (Lipinski definition) is 2.